The van der Waals surface area contributed by atoms with Gasteiger partial charge in [-0.2, -0.15) is 0 Å². The van der Waals surface area contributed by atoms with Crippen molar-refractivity contribution in [2.45, 2.75) is 13.3 Å². The van der Waals surface area contributed by atoms with Crippen molar-refractivity contribution in [2.24, 2.45) is 0 Å². The first-order valence-corrected chi connectivity index (χ1v) is 10.2. The molecule has 160 valence electrons. The standard InChI is InChI=1S/C25H18ClFN2O3/c1-15-5-10-19(26)14-22(15)29-24(31)21(23(30)28-25(29)32)13-17-8-6-16(7-9-17)11-18-3-2-4-20(27)12-18/h2-10,12-14H,11H2,1H3,(H,28,30,32)/b21-13+. The summed E-state index contributed by atoms with van der Waals surface area (Å²) in [6.07, 6.45) is 1.98. The quantitative estimate of drug-likeness (QED) is 0.449. The van der Waals surface area contributed by atoms with Crippen LogP contribution in [0.5, 0.6) is 0 Å². The minimum atomic E-state index is -0.826. The Balaban J connectivity index is 1.61. The highest BCUT2D eigenvalue weighted by atomic mass is 35.5. The summed E-state index contributed by atoms with van der Waals surface area (Å²) in [4.78, 5) is 38.7. The molecule has 1 N–H and O–H groups in total. The molecule has 0 unspecified atom stereocenters. The zero-order valence-corrected chi connectivity index (χ0v) is 17.8. The number of barbiturate groups is 1. The lowest BCUT2D eigenvalue weighted by Crippen LogP contribution is -2.54. The van der Waals surface area contributed by atoms with Crippen molar-refractivity contribution in [3.63, 3.8) is 0 Å². The highest BCUT2D eigenvalue weighted by molar-refractivity contribution is 6.39. The van der Waals surface area contributed by atoms with Crippen LogP contribution >= 0.6 is 11.6 Å². The maximum atomic E-state index is 13.4. The molecule has 1 heterocycles. The van der Waals surface area contributed by atoms with Crippen LogP contribution in [0, 0.1) is 12.7 Å². The van der Waals surface area contributed by atoms with Gasteiger partial charge in [-0.25, -0.2) is 14.1 Å². The minimum Gasteiger partial charge on any atom is -0.273 e. The van der Waals surface area contributed by atoms with Crippen LogP contribution in [-0.2, 0) is 16.0 Å². The van der Waals surface area contributed by atoms with Crippen LogP contribution in [0.2, 0.25) is 5.02 Å². The van der Waals surface area contributed by atoms with Gasteiger partial charge in [0, 0.05) is 5.02 Å². The molecule has 32 heavy (non-hydrogen) atoms. The molecular weight excluding hydrogens is 431 g/mol. The van der Waals surface area contributed by atoms with Gasteiger partial charge in [0.05, 0.1) is 5.69 Å². The number of aryl methyl sites for hydroxylation is 1. The summed E-state index contributed by atoms with van der Waals surface area (Å²) in [7, 11) is 0. The lowest BCUT2D eigenvalue weighted by atomic mass is 10.0. The van der Waals surface area contributed by atoms with E-state index < -0.39 is 17.8 Å². The van der Waals surface area contributed by atoms with Crippen LogP contribution in [0.1, 0.15) is 22.3 Å². The fourth-order valence-corrected chi connectivity index (χ4v) is 3.65. The topological polar surface area (TPSA) is 66.5 Å². The number of benzene rings is 3. The van der Waals surface area contributed by atoms with Gasteiger partial charge in [0.2, 0.25) is 0 Å². The third-order valence-corrected chi connectivity index (χ3v) is 5.34. The fourth-order valence-electron chi connectivity index (χ4n) is 3.48. The summed E-state index contributed by atoms with van der Waals surface area (Å²) in [6.45, 7) is 1.74. The molecule has 5 nitrogen and oxygen atoms in total. The molecule has 0 aromatic heterocycles. The van der Waals surface area contributed by atoms with E-state index in [0.29, 0.717) is 28.3 Å². The molecule has 7 heteroatoms. The Labute approximate surface area is 189 Å². The molecule has 3 aromatic rings. The molecule has 3 aromatic carbocycles. The first kappa shape index (κ1) is 21.5. The van der Waals surface area contributed by atoms with E-state index in [2.05, 4.69) is 5.32 Å². The summed E-state index contributed by atoms with van der Waals surface area (Å²) >= 11 is 6.04. The number of halogens is 2. The second kappa shape index (κ2) is 8.77. The van der Waals surface area contributed by atoms with Crippen molar-refractivity contribution in [2.75, 3.05) is 4.90 Å². The monoisotopic (exact) mass is 448 g/mol. The second-order valence-electron chi connectivity index (χ2n) is 7.44. The fraction of sp³-hybridized carbons (Fsp3) is 0.0800. The van der Waals surface area contributed by atoms with Gasteiger partial charge in [0.25, 0.3) is 11.8 Å². The first-order valence-electron chi connectivity index (χ1n) is 9.83. The number of imide groups is 2. The number of hydrogen-bond donors (Lipinski definition) is 1. The predicted octanol–water partition coefficient (Wildman–Crippen LogP) is 5.04. The Kier molecular flexibility index (Phi) is 5.88. The molecule has 0 spiro atoms. The highest BCUT2D eigenvalue weighted by Gasteiger charge is 2.37. The Bertz CT molecular complexity index is 1270. The lowest BCUT2D eigenvalue weighted by Gasteiger charge is -2.27. The molecule has 4 amide bonds. The van der Waals surface area contributed by atoms with Crippen molar-refractivity contribution < 1.29 is 18.8 Å². The number of carbonyl (C=O) groups excluding carboxylic acids is 3. The van der Waals surface area contributed by atoms with Crippen LogP contribution < -0.4 is 10.2 Å². The SMILES string of the molecule is Cc1ccc(Cl)cc1N1C(=O)NC(=O)/C(=C\c2ccc(Cc3cccc(F)c3)cc2)C1=O. The minimum absolute atomic E-state index is 0.165. The smallest absolute Gasteiger partial charge is 0.273 e. The van der Waals surface area contributed by atoms with E-state index >= 15 is 0 Å². The number of rotatable bonds is 4. The average Bonchev–Trinajstić information content (AvgIpc) is 2.75. The average molecular weight is 449 g/mol. The van der Waals surface area contributed by atoms with Gasteiger partial charge in [-0.3, -0.25) is 14.9 Å². The normalized spacial score (nSPS) is 15.3. The van der Waals surface area contributed by atoms with E-state index in [0.717, 1.165) is 16.0 Å². The number of carbonyl (C=O) groups is 3. The highest BCUT2D eigenvalue weighted by Crippen LogP contribution is 2.28. The summed E-state index contributed by atoms with van der Waals surface area (Å²) in [5.41, 5.74) is 3.20. The summed E-state index contributed by atoms with van der Waals surface area (Å²) in [5.74, 6) is -1.78. The number of hydrogen-bond acceptors (Lipinski definition) is 3. The van der Waals surface area contributed by atoms with Crippen LogP contribution in [0.3, 0.4) is 0 Å². The van der Waals surface area contributed by atoms with Crippen LogP contribution in [0.25, 0.3) is 6.08 Å². The molecular formula is C25H18ClFN2O3. The van der Waals surface area contributed by atoms with Crippen molar-refractivity contribution >= 4 is 41.2 Å². The molecule has 1 aliphatic rings. The van der Waals surface area contributed by atoms with E-state index in [9.17, 15) is 18.8 Å². The Hall–Kier alpha value is -3.77. The van der Waals surface area contributed by atoms with Gasteiger partial charge >= 0.3 is 6.03 Å². The van der Waals surface area contributed by atoms with Crippen LogP contribution in [0.15, 0.2) is 72.3 Å². The summed E-state index contributed by atoms with van der Waals surface area (Å²) < 4.78 is 13.4. The van der Waals surface area contributed by atoms with Crippen LogP contribution in [0.4, 0.5) is 14.9 Å². The Morgan fingerprint density at radius 3 is 2.44 bits per heavy atom. The van der Waals surface area contributed by atoms with Gasteiger partial charge in [-0.1, -0.05) is 54.1 Å². The third kappa shape index (κ3) is 4.45. The van der Waals surface area contributed by atoms with Crippen molar-refractivity contribution in [1.29, 1.82) is 0 Å². The largest absolute Gasteiger partial charge is 0.335 e. The summed E-state index contributed by atoms with van der Waals surface area (Å²) in [5, 5.41) is 2.57. The number of nitrogens with one attached hydrogen (secondary N) is 1. The molecule has 1 saturated heterocycles. The van der Waals surface area contributed by atoms with Gasteiger partial charge < -0.3 is 0 Å². The predicted molar refractivity (Wildman–Crippen MR) is 121 cm³/mol. The number of amides is 4. The van der Waals surface area contributed by atoms with Crippen molar-refractivity contribution in [3.05, 3.63) is 105 Å². The van der Waals surface area contributed by atoms with Gasteiger partial charge in [0.15, 0.2) is 0 Å². The number of urea groups is 1. The first-order chi connectivity index (χ1) is 15.3. The van der Waals surface area contributed by atoms with Crippen LogP contribution in [-0.4, -0.2) is 17.8 Å². The van der Waals surface area contributed by atoms with Crippen molar-refractivity contribution in [1.82, 2.24) is 5.32 Å². The molecule has 1 fully saturated rings. The molecule has 0 atom stereocenters. The lowest BCUT2D eigenvalue weighted by molar-refractivity contribution is -0.122. The molecule has 1 aliphatic heterocycles. The van der Waals surface area contributed by atoms with Gasteiger partial charge in [-0.15, -0.1) is 0 Å². The summed E-state index contributed by atoms with van der Waals surface area (Å²) in [6, 6.07) is 17.6. The molecule has 0 saturated carbocycles. The maximum absolute atomic E-state index is 13.4. The number of anilines is 1. The maximum Gasteiger partial charge on any atom is 0.335 e. The zero-order valence-electron chi connectivity index (χ0n) is 17.1. The Morgan fingerprint density at radius 1 is 0.969 bits per heavy atom. The zero-order chi connectivity index (χ0) is 22.8. The van der Waals surface area contributed by atoms with E-state index in [-0.39, 0.29) is 11.4 Å². The molecule has 0 bridgehead atoms. The van der Waals surface area contributed by atoms with E-state index in [1.165, 1.54) is 24.3 Å². The van der Waals surface area contributed by atoms with E-state index in [4.69, 9.17) is 11.6 Å². The third-order valence-electron chi connectivity index (χ3n) is 5.10. The van der Waals surface area contributed by atoms with Gasteiger partial charge in [0.1, 0.15) is 11.4 Å². The number of nitrogens with zero attached hydrogens (tertiary/aromatic N) is 1. The van der Waals surface area contributed by atoms with Gasteiger partial charge in [-0.05, 0) is 65.9 Å². The molecule has 0 radical (unpaired) electrons. The van der Waals surface area contributed by atoms with E-state index in [1.807, 2.05) is 18.2 Å². The van der Waals surface area contributed by atoms with E-state index in [1.54, 1.807) is 37.3 Å². The Morgan fingerprint density at radius 2 is 1.72 bits per heavy atom. The molecule has 4 rings (SSSR count). The molecule has 0 aliphatic carbocycles. The second-order valence-corrected chi connectivity index (χ2v) is 7.87. The van der Waals surface area contributed by atoms with Crippen molar-refractivity contribution in [3.8, 4) is 0 Å².